The van der Waals surface area contributed by atoms with Crippen LogP contribution in [-0.2, 0) is 4.74 Å². The number of ether oxygens (including phenoxy) is 1. The SMILES string of the molecule is COCCNC(=O)c1cn2ncnc(N)c2c1-c1ccc(NC(=O)Nc2cc([N+](=O)[O-])ccc2F)cc1. The third-order valence-electron chi connectivity index (χ3n) is 5.28. The van der Waals surface area contributed by atoms with Crippen molar-refractivity contribution in [2.24, 2.45) is 0 Å². The number of rotatable bonds is 8. The van der Waals surface area contributed by atoms with Crippen molar-refractivity contribution in [3.63, 3.8) is 0 Å². The number of hydrogen-bond donors (Lipinski definition) is 4. The normalized spacial score (nSPS) is 10.8. The minimum atomic E-state index is -0.826. The Hall–Kier alpha value is -5.11. The first-order valence-electron chi connectivity index (χ1n) is 10.8. The number of nitrogens with one attached hydrogen (secondary N) is 3. The van der Waals surface area contributed by atoms with Crippen LogP contribution in [0.4, 0.5) is 32.1 Å². The van der Waals surface area contributed by atoms with E-state index < -0.39 is 16.8 Å². The van der Waals surface area contributed by atoms with Crippen LogP contribution >= 0.6 is 0 Å². The van der Waals surface area contributed by atoms with Crippen LogP contribution in [0.1, 0.15) is 10.4 Å². The number of nitrogens with two attached hydrogens (primary N) is 1. The Morgan fingerprint density at radius 3 is 2.65 bits per heavy atom. The lowest BCUT2D eigenvalue weighted by Gasteiger charge is -2.10. The van der Waals surface area contributed by atoms with Crippen LogP contribution in [0.5, 0.6) is 0 Å². The summed E-state index contributed by atoms with van der Waals surface area (Å²) in [4.78, 5) is 39.5. The number of amides is 3. The number of non-ortho nitro benzene ring substituents is 1. The molecular formula is C23H21FN8O5. The largest absolute Gasteiger partial charge is 0.383 e. The lowest BCUT2D eigenvalue weighted by atomic mass is 10.0. The van der Waals surface area contributed by atoms with Crippen molar-refractivity contribution in [1.82, 2.24) is 19.9 Å². The molecule has 190 valence electrons. The quantitative estimate of drug-likeness (QED) is 0.159. The van der Waals surface area contributed by atoms with Crippen LogP contribution in [0.2, 0.25) is 0 Å². The molecule has 2 heterocycles. The molecule has 2 aromatic heterocycles. The average Bonchev–Trinajstić information content (AvgIpc) is 3.27. The number of nitro benzene ring substituents is 1. The van der Waals surface area contributed by atoms with Gasteiger partial charge in [0, 0.05) is 43.2 Å². The van der Waals surface area contributed by atoms with E-state index in [0.29, 0.717) is 41.0 Å². The highest BCUT2D eigenvalue weighted by Crippen LogP contribution is 2.33. The molecule has 0 spiro atoms. The highest BCUT2D eigenvalue weighted by atomic mass is 19.1. The number of nitro groups is 1. The number of nitrogen functional groups attached to an aromatic ring is 1. The first-order chi connectivity index (χ1) is 17.8. The predicted octanol–water partition coefficient (Wildman–Crippen LogP) is 3.05. The van der Waals surface area contributed by atoms with Crippen LogP contribution in [0.15, 0.2) is 55.0 Å². The van der Waals surface area contributed by atoms with Crippen molar-refractivity contribution < 1.29 is 23.6 Å². The van der Waals surface area contributed by atoms with Crippen molar-refractivity contribution in [1.29, 1.82) is 0 Å². The number of methoxy groups -OCH3 is 1. The highest BCUT2D eigenvalue weighted by Gasteiger charge is 2.21. The van der Waals surface area contributed by atoms with Gasteiger partial charge >= 0.3 is 6.03 Å². The Bertz CT molecular complexity index is 1490. The zero-order chi connectivity index (χ0) is 26.5. The molecule has 37 heavy (non-hydrogen) atoms. The molecule has 0 fully saturated rings. The van der Waals surface area contributed by atoms with Gasteiger partial charge in [0.15, 0.2) is 5.82 Å². The van der Waals surface area contributed by atoms with Gasteiger partial charge in [-0.05, 0) is 23.8 Å². The summed E-state index contributed by atoms with van der Waals surface area (Å²) in [5.41, 5.74) is 7.52. The third kappa shape index (κ3) is 5.43. The fraction of sp³-hybridized carbons (Fsp3) is 0.130. The zero-order valence-corrected chi connectivity index (χ0v) is 19.4. The number of nitrogens with zero attached hydrogens (tertiary/aromatic N) is 4. The summed E-state index contributed by atoms with van der Waals surface area (Å²) in [6.45, 7) is 0.629. The standard InChI is InChI=1S/C23H21FN8O5/c1-37-9-8-26-22(33)16-11-31-20(21(25)27-12-28-31)19(16)13-2-4-14(5-3-13)29-23(34)30-18-10-15(32(35)36)6-7-17(18)24/h2-7,10-12H,8-9H2,1H3,(H,26,33)(H2,25,27,28)(H2,29,30,34). The molecule has 13 nitrogen and oxygen atoms in total. The molecule has 0 saturated carbocycles. The summed E-state index contributed by atoms with van der Waals surface area (Å²) in [6.07, 6.45) is 2.81. The molecule has 5 N–H and O–H groups in total. The second-order valence-electron chi connectivity index (χ2n) is 7.68. The molecule has 0 bridgehead atoms. The van der Waals surface area contributed by atoms with Gasteiger partial charge in [0.2, 0.25) is 0 Å². The number of hydrogen-bond acceptors (Lipinski definition) is 8. The molecule has 14 heteroatoms. The number of carbonyl (C=O) groups excluding carboxylic acids is 2. The Balaban J connectivity index is 1.58. The monoisotopic (exact) mass is 508 g/mol. The first kappa shape index (κ1) is 25.0. The molecule has 4 rings (SSSR count). The number of urea groups is 1. The zero-order valence-electron chi connectivity index (χ0n) is 19.4. The maximum atomic E-state index is 14.0. The second kappa shape index (κ2) is 10.7. The number of anilines is 3. The number of halogens is 1. The molecule has 4 aromatic rings. The van der Waals surface area contributed by atoms with E-state index in [4.69, 9.17) is 10.5 Å². The Kier molecular flexibility index (Phi) is 7.20. The number of benzene rings is 2. The molecular weight excluding hydrogens is 487 g/mol. The maximum absolute atomic E-state index is 14.0. The molecule has 0 aliphatic rings. The van der Waals surface area contributed by atoms with Gasteiger partial charge in [-0.25, -0.2) is 18.7 Å². The molecule has 0 unspecified atom stereocenters. The Morgan fingerprint density at radius 2 is 1.95 bits per heavy atom. The van der Waals surface area contributed by atoms with Gasteiger partial charge in [0.1, 0.15) is 17.7 Å². The van der Waals surface area contributed by atoms with Gasteiger partial charge in [-0.15, -0.1) is 0 Å². The second-order valence-corrected chi connectivity index (χ2v) is 7.68. The molecule has 0 aliphatic heterocycles. The van der Waals surface area contributed by atoms with Crippen LogP contribution in [0.3, 0.4) is 0 Å². The molecule has 0 saturated heterocycles. The molecule has 3 amide bonds. The average molecular weight is 508 g/mol. The molecule has 2 aromatic carbocycles. The van der Waals surface area contributed by atoms with E-state index in [1.54, 1.807) is 24.3 Å². The minimum absolute atomic E-state index is 0.168. The van der Waals surface area contributed by atoms with E-state index in [-0.39, 0.29) is 23.1 Å². The topological polar surface area (TPSA) is 179 Å². The molecule has 0 aliphatic carbocycles. The fourth-order valence-corrected chi connectivity index (χ4v) is 3.59. The number of aromatic nitrogens is 3. The molecule has 0 atom stereocenters. The van der Waals surface area contributed by atoms with Gasteiger partial charge in [-0.1, -0.05) is 12.1 Å². The van der Waals surface area contributed by atoms with E-state index in [1.807, 2.05) is 0 Å². The summed E-state index contributed by atoms with van der Waals surface area (Å²) >= 11 is 0. The van der Waals surface area contributed by atoms with Crippen LogP contribution in [0.25, 0.3) is 16.6 Å². The van der Waals surface area contributed by atoms with E-state index in [2.05, 4.69) is 26.0 Å². The fourth-order valence-electron chi connectivity index (χ4n) is 3.59. The predicted molar refractivity (Wildman–Crippen MR) is 133 cm³/mol. The van der Waals surface area contributed by atoms with Gasteiger partial charge in [-0.3, -0.25) is 14.9 Å². The molecule has 0 radical (unpaired) electrons. The summed E-state index contributed by atoms with van der Waals surface area (Å²) in [7, 11) is 1.52. The van der Waals surface area contributed by atoms with Crippen molar-refractivity contribution in [3.05, 3.63) is 76.5 Å². The lowest BCUT2D eigenvalue weighted by Crippen LogP contribution is -2.27. The third-order valence-corrected chi connectivity index (χ3v) is 5.28. The minimum Gasteiger partial charge on any atom is -0.383 e. The van der Waals surface area contributed by atoms with Gasteiger partial charge in [-0.2, -0.15) is 5.10 Å². The Morgan fingerprint density at radius 1 is 1.19 bits per heavy atom. The van der Waals surface area contributed by atoms with Crippen LogP contribution in [-0.4, -0.2) is 51.7 Å². The highest BCUT2D eigenvalue weighted by molar-refractivity contribution is 6.07. The smallest absolute Gasteiger partial charge is 0.323 e. The first-order valence-corrected chi connectivity index (χ1v) is 10.8. The maximum Gasteiger partial charge on any atom is 0.323 e. The number of fused-ring (bicyclic) bond motifs is 1. The van der Waals surface area contributed by atoms with Crippen molar-refractivity contribution in [2.45, 2.75) is 0 Å². The van der Waals surface area contributed by atoms with Gasteiger partial charge in [0.25, 0.3) is 11.6 Å². The van der Waals surface area contributed by atoms with Crippen LogP contribution < -0.4 is 21.7 Å². The van der Waals surface area contributed by atoms with Gasteiger partial charge in [0.05, 0.1) is 22.8 Å². The van der Waals surface area contributed by atoms with Gasteiger partial charge < -0.3 is 26.4 Å². The van der Waals surface area contributed by atoms with Crippen LogP contribution in [0, 0.1) is 15.9 Å². The van der Waals surface area contributed by atoms with Crippen molar-refractivity contribution >= 4 is 40.3 Å². The summed E-state index contributed by atoms with van der Waals surface area (Å²) < 4.78 is 20.4. The summed E-state index contributed by atoms with van der Waals surface area (Å²) in [5, 5.41) is 22.6. The van der Waals surface area contributed by atoms with E-state index in [9.17, 15) is 24.1 Å². The van der Waals surface area contributed by atoms with Crippen molar-refractivity contribution in [2.75, 3.05) is 36.6 Å². The van der Waals surface area contributed by atoms with E-state index in [0.717, 1.165) is 18.2 Å². The summed E-state index contributed by atoms with van der Waals surface area (Å²) in [6, 6.07) is 8.42. The van der Waals surface area contributed by atoms with E-state index in [1.165, 1.54) is 24.1 Å². The van der Waals surface area contributed by atoms with E-state index >= 15 is 0 Å². The number of carbonyl (C=O) groups is 2. The van der Waals surface area contributed by atoms with Crippen molar-refractivity contribution in [3.8, 4) is 11.1 Å². The lowest BCUT2D eigenvalue weighted by molar-refractivity contribution is -0.384. The Labute approximate surface area is 208 Å². The summed E-state index contributed by atoms with van der Waals surface area (Å²) in [5.74, 6) is -1.02.